The van der Waals surface area contributed by atoms with Crippen LogP contribution in [0.1, 0.15) is 0 Å². The van der Waals surface area contributed by atoms with E-state index >= 15 is 0 Å². The Morgan fingerprint density at radius 2 is 1.78 bits per heavy atom. The highest BCUT2D eigenvalue weighted by Crippen LogP contribution is 2.40. The molecule has 2 aromatic heterocycles. The number of aromatic amines is 2. The van der Waals surface area contributed by atoms with E-state index in [0.717, 1.165) is 10.2 Å². The number of imidazole rings is 1. The minimum atomic E-state index is -3.72. The van der Waals surface area contributed by atoms with Gasteiger partial charge in [0.15, 0.2) is 11.4 Å². The standard InChI is InChI=1S/C18H13Cl2N5O6S/c1-30-18-21-12-4-3-9(7-13(12)25(18)32(2,28)29)31-15-10(19)5-8(6-11(15)20)14-16(26)22-17(27)24-23-14/h3-7H,1-2H3,(H2,22,24,26,27). The Balaban J connectivity index is 1.77. The van der Waals surface area contributed by atoms with E-state index in [0.29, 0.717) is 5.52 Å². The normalized spacial score (nSPS) is 11.6. The maximum Gasteiger partial charge on any atom is 0.342 e. The maximum absolute atomic E-state index is 12.2. The van der Waals surface area contributed by atoms with Gasteiger partial charge in [-0.3, -0.25) is 9.78 Å². The summed E-state index contributed by atoms with van der Waals surface area (Å²) in [6, 6.07) is 7.23. The van der Waals surface area contributed by atoms with Gasteiger partial charge in [0, 0.05) is 11.6 Å². The van der Waals surface area contributed by atoms with Crippen molar-refractivity contribution in [1.29, 1.82) is 0 Å². The van der Waals surface area contributed by atoms with Crippen LogP contribution in [0.3, 0.4) is 0 Å². The second kappa shape index (κ2) is 7.97. The molecule has 2 heterocycles. The number of rotatable bonds is 5. The third-order valence-corrected chi connectivity index (χ3v) is 5.85. The molecule has 32 heavy (non-hydrogen) atoms. The molecule has 166 valence electrons. The van der Waals surface area contributed by atoms with Crippen LogP contribution in [-0.4, -0.2) is 45.9 Å². The second-order valence-electron chi connectivity index (χ2n) is 6.50. The number of H-pyrrole nitrogens is 2. The average molecular weight is 498 g/mol. The van der Waals surface area contributed by atoms with Gasteiger partial charge in [-0.25, -0.2) is 18.3 Å². The summed E-state index contributed by atoms with van der Waals surface area (Å²) in [7, 11) is -2.41. The zero-order chi connectivity index (χ0) is 23.2. The highest BCUT2D eigenvalue weighted by atomic mass is 35.5. The van der Waals surface area contributed by atoms with Gasteiger partial charge in [0.1, 0.15) is 5.75 Å². The number of nitrogens with zero attached hydrogens (tertiary/aromatic N) is 3. The average Bonchev–Trinajstić information content (AvgIpc) is 3.09. The van der Waals surface area contributed by atoms with E-state index in [1.165, 1.54) is 25.3 Å². The molecule has 0 spiro atoms. The Labute approximate surface area is 189 Å². The molecule has 0 fully saturated rings. The highest BCUT2D eigenvalue weighted by Gasteiger charge is 2.20. The lowest BCUT2D eigenvalue weighted by atomic mass is 10.1. The van der Waals surface area contributed by atoms with E-state index < -0.39 is 21.3 Å². The molecule has 2 N–H and O–H groups in total. The summed E-state index contributed by atoms with van der Waals surface area (Å²) in [4.78, 5) is 29.3. The van der Waals surface area contributed by atoms with Crippen molar-refractivity contribution in [3.05, 3.63) is 61.2 Å². The quantitative estimate of drug-likeness (QED) is 0.426. The van der Waals surface area contributed by atoms with Crippen LogP contribution in [0.15, 0.2) is 39.9 Å². The Morgan fingerprint density at radius 3 is 2.38 bits per heavy atom. The van der Waals surface area contributed by atoms with E-state index in [4.69, 9.17) is 32.7 Å². The predicted octanol–water partition coefficient (Wildman–Crippen LogP) is 2.39. The summed E-state index contributed by atoms with van der Waals surface area (Å²) in [6.07, 6.45) is 1.02. The van der Waals surface area contributed by atoms with Gasteiger partial charge in [0.25, 0.3) is 5.56 Å². The van der Waals surface area contributed by atoms with Gasteiger partial charge in [-0.15, -0.1) is 0 Å². The topological polar surface area (TPSA) is 149 Å². The summed E-state index contributed by atoms with van der Waals surface area (Å²) >= 11 is 12.6. The molecule has 4 rings (SSSR count). The Hall–Kier alpha value is -3.35. The smallest absolute Gasteiger partial charge is 0.342 e. The number of benzene rings is 2. The molecule has 2 aromatic carbocycles. The molecule has 0 unspecified atom stereocenters. The van der Waals surface area contributed by atoms with Crippen LogP contribution in [0.4, 0.5) is 0 Å². The number of nitrogens with one attached hydrogen (secondary N) is 2. The molecule has 0 atom stereocenters. The van der Waals surface area contributed by atoms with E-state index in [-0.39, 0.29) is 44.3 Å². The van der Waals surface area contributed by atoms with Gasteiger partial charge in [0.2, 0.25) is 10.0 Å². The van der Waals surface area contributed by atoms with Crippen LogP contribution in [-0.2, 0) is 10.0 Å². The molecule has 0 aliphatic rings. The van der Waals surface area contributed by atoms with Crippen molar-refractivity contribution in [2.24, 2.45) is 0 Å². The third kappa shape index (κ3) is 3.95. The molecule has 14 heteroatoms. The molecule has 0 radical (unpaired) electrons. The second-order valence-corrected chi connectivity index (χ2v) is 9.15. The highest BCUT2D eigenvalue weighted by molar-refractivity contribution is 7.89. The minimum Gasteiger partial charge on any atom is -0.467 e. The molecule has 11 nitrogen and oxygen atoms in total. The number of halogens is 2. The van der Waals surface area contributed by atoms with Crippen molar-refractivity contribution in [2.45, 2.75) is 0 Å². The molecule has 0 saturated carbocycles. The van der Waals surface area contributed by atoms with Crippen molar-refractivity contribution in [3.8, 4) is 28.8 Å². The lowest BCUT2D eigenvalue weighted by Crippen LogP contribution is -2.25. The SMILES string of the molecule is COc1nc2ccc(Oc3c(Cl)cc(-c4n[nH]c(=O)[nH]c4=O)cc3Cl)cc2n1S(C)(=O)=O. The van der Waals surface area contributed by atoms with Gasteiger partial charge < -0.3 is 9.47 Å². The first kappa shape index (κ1) is 21.9. The molecule has 0 amide bonds. The molecule has 4 aromatic rings. The van der Waals surface area contributed by atoms with Crippen LogP contribution in [0.2, 0.25) is 10.0 Å². The number of hydrogen-bond donors (Lipinski definition) is 2. The van der Waals surface area contributed by atoms with Gasteiger partial charge in [-0.05, 0) is 24.3 Å². The van der Waals surface area contributed by atoms with E-state index in [1.807, 2.05) is 0 Å². The number of fused-ring (bicyclic) bond motifs is 1. The number of methoxy groups -OCH3 is 1. The summed E-state index contributed by atoms with van der Waals surface area (Å²) in [5.41, 5.74) is -0.713. The fraction of sp³-hybridized carbons (Fsp3) is 0.111. The fourth-order valence-electron chi connectivity index (χ4n) is 2.98. The number of hydrogen-bond acceptors (Lipinski definition) is 8. The van der Waals surface area contributed by atoms with Crippen molar-refractivity contribution >= 4 is 44.3 Å². The summed E-state index contributed by atoms with van der Waals surface area (Å²) in [5, 5.41) is 5.93. The van der Waals surface area contributed by atoms with Crippen molar-refractivity contribution in [1.82, 2.24) is 24.1 Å². The van der Waals surface area contributed by atoms with Crippen LogP contribution < -0.4 is 20.7 Å². The lowest BCUT2D eigenvalue weighted by Gasteiger charge is -2.12. The summed E-state index contributed by atoms with van der Waals surface area (Å²) in [5.74, 6) is 0.288. The lowest BCUT2D eigenvalue weighted by molar-refractivity contribution is 0.379. The van der Waals surface area contributed by atoms with Crippen LogP contribution in [0.5, 0.6) is 17.5 Å². The van der Waals surface area contributed by atoms with Crippen LogP contribution >= 0.6 is 23.2 Å². The Morgan fingerprint density at radius 1 is 1.09 bits per heavy atom. The zero-order valence-electron chi connectivity index (χ0n) is 16.3. The van der Waals surface area contributed by atoms with Crippen molar-refractivity contribution in [3.63, 3.8) is 0 Å². The van der Waals surface area contributed by atoms with Gasteiger partial charge in [0.05, 0.1) is 34.4 Å². The Bertz CT molecular complexity index is 1570. The first-order chi connectivity index (χ1) is 15.1. The first-order valence-corrected chi connectivity index (χ1v) is 11.3. The summed E-state index contributed by atoms with van der Waals surface area (Å²) < 4.78 is 36.2. The van der Waals surface area contributed by atoms with Crippen molar-refractivity contribution < 1.29 is 17.9 Å². The first-order valence-electron chi connectivity index (χ1n) is 8.72. The Kier molecular flexibility index (Phi) is 5.44. The molecule has 0 saturated heterocycles. The molecule has 0 aliphatic carbocycles. The van der Waals surface area contributed by atoms with E-state index in [1.54, 1.807) is 12.1 Å². The van der Waals surface area contributed by atoms with Gasteiger partial charge >= 0.3 is 11.7 Å². The summed E-state index contributed by atoms with van der Waals surface area (Å²) in [6.45, 7) is 0. The minimum absolute atomic E-state index is 0.0502. The van der Waals surface area contributed by atoms with Crippen LogP contribution in [0, 0.1) is 0 Å². The largest absolute Gasteiger partial charge is 0.467 e. The predicted molar refractivity (Wildman–Crippen MR) is 118 cm³/mol. The van der Waals surface area contributed by atoms with Gasteiger partial charge in [-0.1, -0.05) is 23.2 Å². The fourth-order valence-corrected chi connectivity index (χ4v) is 4.45. The maximum atomic E-state index is 12.2. The molecular weight excluding hydrogens is 485 g/mol. The molecule has 0 bridgehead atoms. The molecule has 0 aliphatic heterocycles. The third-order valence-electron chi connectivity index (χ3n) is 4.27. The molecular formula is C18H13Cl2N5O6S. The van der Waals surface area contributed by atoms with Crippen LogP contribution in [0.25, 0.3) is 22.3 Å². The van der Waals surface area contributed by atoms with Crippen molar-refractivity contribution in [2.75, 3.05) is 13.4 Å². The van der Waals surface area contributed by atoms with E-state index in [9.17, 15) is 18.0 Å². The monoisotopic (exact) mass is 497 g/mol. The van der Waals surface area contributed by atoms with E-state index in [2.05, 4.69) is 20.2 Å². The zero-order valence-corrected chi connectivity index (χ0v) is 18.7. The van der Waals surface area contributed by atoms with Gasteiger partial charge in [-0.2, -0.15) is 14.1 Å². The number of aromatic nitrogens is 5. The number of ether oxygens (including phenoxy) is 2.